The average molecular weight is 975 g/mol. The second-order valence-electron chi connectivity index (χ2n) is 18.1. The Kier molecular flexibility index (Phi) is 12.9. The second kappa shape index (κ2) is 19.8. The number of aliphatic hydroxyl groups excluding tert-OH is 2. The third-order valence-electron chi connectivity index (χ3n) is 13.3. The zero-order chi connectivity index (χ0) is 48.6. The Morgan fingerprint density at radius 3 is 1.80 bits per heavy atom. The molecular weight excluding hydrogens is 917 g/mol. The van der Waals surface area contributed by atoms with E-state index in [1.807, 2.05) is 53.3 Å². The molecule has 28 nitrogen and oxygen atoms in total. The lowest BCUT2D eigenvalue weighted by molar-refractivity contribution is -0.0384. The van der Waals surface area contributed by atoms with Crippen LogP contribution in [0.15, 0.2) is 37.7 Å². The van der Waals surface area contributed by atoms with Crippen LogP contribution in [-0.4, -0.2) is 146 Å². The molecule has 0 radical (unpaired) electrons. The third-order valence-corrected chi connectivity index (χ3v) is 13.3. The van der Waals surface area contributed by atoms with Crippen molar-refractivity contribution in [3.63, 3.8) is 0 Å². The lowest BCUT2D eigenvalue weighted by Crippen LogP contribution is -2.33. The number of rotatable bonds is 19. The Hall–Kier alpha value is -7.30. The maximum Gasteiger partial charge on any atom is 0.226 e. The average Bonchev–Trinajstić information content (AvgIpc) is 4.24. The smallest absolute Gasteiger partial charge is 0.226 e. The molecule has 2 saturated heterocycles. The lowest BCUT2D eigenvalue weighted by Gasteiger charge is -2.30. The SMILES string of the molecule is CCn1cnc(CCNc2nc(N[C@H]3CC[C@H](Nc4nc(NCCc5cn(C)cn5)nc5c4ncn5C4CC[C@@H](c5nnn(CC)n5)O4)CC3)c3ncn(C4O[C@H](c5nnn(CC)n5)[C@@H](O)[C@H]4O)c3n2)c1. The molecule has 11 rings (SSSR count). The number of aromatic nitrogens is 20. The standard InChI is InChI=1S/C43H58N24O4/c1-5-63-19-27(47-21-63)15-17-45-43-53-37(31-40(55-43)65(23-49-31)41-33(69)32(68)34(71-41)38-57-61-67(7-3)59-38)51-25-10-8-24(9-11-25)50-36-30-39(54-42(52-36)44-16-14-26-18-62(4)20-46-26)64(22-48-30)29-13-12-28(70-29)35-56-60-66(6-2)58-35/h18-25,28-29,32-34,41,68-69H,5-17H2,1-4H3,(H2,44,50,52,54)(H2,45,51,53,55)/t24-,25-,28-,29?,32-,33+,34-,41?/m0/s1. The molecule has 2 unspecified atom stereocenters. The number of imidazole rings is 4. The molecule has 6 atom stereocenters. The Bertz CT molecular complexity index is 3070. The number of fused-ring (bicyclic) bond motifs is 2. The van der Waals surface area contributed by atoms with E-state index >= 15 is 0 Å². The predicted molar refractivity (Wildman–Crippen MR) is 253 cm³/mol. The molecular formula is C43H58N24O4. The number of aliphatic hydroxyl groups is 2. The summed E-state index contributed by atoms with van der Waals surface area (Å²) in [6, 6.07) is 0.132. The summed E-state index contributed by atoms with van der Waals surface area (Å²) in [7, 11) is 1.95. The molecule has 374 valence electrons. The largest absolute Gasteiger partial charge is 0.387 e. The summed E-state index contributed by atoms with van der Waals surface area (Å²) in [5.41, 5.74) is 4.12. The highest BCUT2D eigenvalue weighted by Crippen LogP contribution is 2.41. The van der Waals surface area contributed by atoms with Gasteiger partial charge in [-0.25, -0.2) is 19.9 Å². The van der Waals surface area contributed by atoms with E-state index in [1.165, 1.54) is 4.80 Å². The maximum absolute atomic E-state index is 11.3. The van der Waals surface area contributed by atoms with E-state index in [-0.39, 0.29) is 30.2 Å². The summed E-state index contributed by atoms with van der Waals surface area (Å²) in [5, 5.41) is 62.0. The molecule has 0 amide bonds. The maximum atomic E-state index is 11.3. The highest BCUT2D eigenvalue weighted by molar-refractivity contribution is 5.85. The number of tetrazole rings is 2. The number of hydrogen-bond acceptors (Lipinski definition) is 22. The summed E-state index contributed by atoms with van der Waals surface area (Å²) < 4.78 is 20.3. The van der Waals surface area contributed by atoms with Crippen LogP contribution in [0.3, 0.4) is 0 Å². The van der Waals surface area contributed by atoms with Gasteiger partial charge in [0.15, 0.2) is 46.3 Å². The Labute approximate surface area is 406 Å². The van der Waals surface area contributed by atoms with Crippen LogP contribution in [0.4, 0.5) is 23.5 Å². The molecule has 28 heteroatoms. The van der Waals surface area contributed by atoms with Gasteiger partial charge in [0.05, 0.1) is 49.8 Å². The minimum atomic E-state index is -1.34. The highest BCUT2D eigenvalue weighted by Gasteiger charge is 2.47. The molecule has 0 bridgehead atoms. The van der Waals surface area contributed by atoms with Crippen LogP contribution in [0.25, 0.3) is 22.3 Å². The molecule has 3 aliphatic rings. The first-order valence-electron chi connectivity index (χ1n) is 24.4. The number of ether oxygens (including phenoxy) is 2. The fraction of sp³-hybridized carbons (Fsp3) is 0.581. The van der Waals surface area contributed by atoms with Gasteiger partial charge < -0.3 is 50.1 Å². The molecule has 2 aliphatic heterocycles. The van der Waals surface area contributed by atoms with Crippen molar-refractivity contribution in [1.82, 2.24) is 98.6 Å². The Balaban J connectivity index is 0.810. The zero-order valence-corrected chi connectivity index (χ0v) is 39.9. The minimum Gasteiger partial charge on any atom is -0.387 e. The summed E-state index contributed by atoms with van der Waals surface area (Å²) >= 11 is 0. The number of nitrogens with one attached hydrogen (secondary N) is 4. The van der Waals surface area contributed by atoms with Crippen molar-refractivity contribution in [3.8, 4) is 0 Å². The van der Waals surface area contributed by atoms with E-state index in [0.29, 0.717) is 90.7 Å². The first kappa shape index (κ1) is 46.1. The lowest BCUT2D eigenvalue weighted by atomic mass is 9.91. The summed E-state index contributed by atoms with van der Waals surface area (Å²) in [4.78, 5) is 41.3. The van der Waals surface area contributed by atoms with Crippen molar-refractivity contribution in [2.24, 2.45) is 7.05 Å². The summed E-state index contributed by atoms with van der Waals surface area (Å²) in [5.74, 6) is 2.76. The van der Waals surface area contributed by atoms with Gasteiger partial charge in [-0.3, -0.25) is 9.13 Å². The molecule has 0 spiro atoms. The van der Waals surface area contributed by atoms with Crippen LogP contribution in [0.1, 0.15) is 107 Å². The molecule has 3 fully saturated rings. The van der Waals surface area contributed by atoms with Gasteiger partial charge in [0.2, 0.25) is 23.5 Å². The molecule has 8 aromatic heterocycles. The summed E-state index contributed by atoms with van der Waals surface area (Å²) in [6.07, 6.45) is 11.7. The number of nitrogens with zero attached hydrogens (tertiary/aromatic N) is 20. The van der Waals surface area contributed by atoms with Crippen molar-refractivity contribution in [2.75, 3.05) is 34.4 Å². The zero-order valence-electron chi connectivity index (χ0n) is 39.9. The van der Waals surface area contributed by atoms with Crippen LogP contribution >= 0.6 is 0 Å². The van der Waals surface area contributed by atoms with Gasteiger partial charge in [0.25, 0.3) is 0 Å². The molecule has 1 aliphatic carbocycles. The van der Waals surface area contributed by atoms with E-state index in [1.54, 1.807) is 28.3 Å². The number of aryl methyl sites for hydroxylation is 4. The second-order valence-corrected chi connectivity index (χ2v) is 18.1. The van der Waals surface area contributed by atoms with E-state index < -0.39 is 24.5 Å². The fourth-order valence-electron chi connectivity index (χ4n) is 9.41. The van der Waals surface area contributed by atoms with Crippen LogP contribution < -0.4 is 21.3 Å². The van der Waals surface area contributed by atoms with Gasteiger partial charge >= 0.3 is 0 Å². The van der Waals surface area contributed by atoms with Crippen molar-refractivity contribution in [2.45, 2.75) is 141 Å². The third kappa shape index (κ3) is 9.53. The quantitative estimate of drug-likeness (QED) is 0.0676. The molecule has 1 saturated carbocycles. The molecule has 6 N–H and O–H groups in total. The summed E-state index contributed by atoms with van der Waals surface area (Å²) in [6.45, 7) is 8.97. The van der Waals surface area contributed by atoms with Crippen LogP contribution in [0, 0.1) is 0 Å². The Morgan fingerprint density at radius 2 is 1.21 bits per heavy atom. The van der Waals surface area contributed by atoms with Gasteiger partial charge in [-0.1, -0.05) is 0 Å². The van der Waals surface area contributed by atoms with Crippen molar-refractivity contribution in [1.29, 1.82) is 0 Å². The predicted octanol–water partition coefficient (Wildman–Crippen LogP) is 2.12. The van der Waals surface area contributed by atoms with Crippen LogP contribution in [-0.2, 0) is 49.0 Å². The van der Waals surface area contributed by atoms with Crippen LogP contribution in [0.5, 0.6) is 0 Å². The monoisotopic (exact) mass is 975 g/mol. The van der Waals surface area contributed by atoms with Gasteiger partial charge in [0.1, 0.15) is 24.5 Å². The van der Waals surface area contributed by atoms with Gasteiger partial charge in [-0.2, -0.15) is 29.5 Å². The minimum absolute atomic E-state index is 0.0447. The first-order valence-corrected chi connectivity index (χ1v) is 24.4. The highest BCUT2D eigenvalue weighted by atomic mass is 16.6. The molecule has 8 aromatic rings. The van der Waals surface area contributed by atoms with Gasteiger partial charge in [-0.05, 0) is 69.7 Å². The normalized spacial score (nSPS) is 23.6. The van der Waals surface area contributed by atoms with Gasteiger partial charge in [-0.15, -0.1) is 20.4 Å². The van der Waals surface area contributed by atoms with E-state index in [4.69, 9.17) is 39.4 Å². The number of anilines is 4. The molecule has 71 heavy (non-hydrogen) atoms. The Morgan fingerprint density at radius 1 is 0.620 bits per heavy atom. The van der Waals surface area contributed by atoms with Crippen molar-refractivity contribution in [3.05, 3.63) is 60.7 Å². The van der Waals surface area contributed by atoms with E-state index in [2.05, 4.69) is 69.0 Å². The van der Waals surface area contributed by atoms with Crippen molar-refractivity contribution < 1.29 is 19.7 Å². The fourth-order valence-corrected chi connectivity index (χ4v) is 9.41. The molecule has 10 heterocycles. The number of hydrogen-bond donors (Lipinski definition) is 6. The van der Waals surface area contributed by atoms with E-state index in [0.717, 1.165) is 56.5 Å². The van der Waals surface area contributed by atoms with Crippen LogP contribution in [0.2, 0.25) is 0 Å². The van der Waals surface area contributed by atoms with E-state index in [9.17, 15) is 10.2 Å². The topological polar surface area (TPSA) is 317 Å². The van der Waals surface area contributed by atoms with Gasteiger partial charge in [0, 0.05) is 64.0 Å². The molecule has 0 aromatic carbocycles. The van der Waals surface area contributed by atoms with Crippen molar-refractivity contribution >= 4 is 45.9 Å². The first-order chi connectivity index (χ1) is 34.7.